The van der Waals surface area contributed by atoms with E-state index in [9.17, 15) is 4.79 Å². The molecule has 0 amide bonds. The maximum absolute atomic E-state index is 11.9. The number of rotatable bonds is 5. The third-order valence-electron chi connectivity index (χ3n) is 3.52. The monoisotopic (exact) mass is 327 g/mol. The lowest BCUT2D eigenvalue weighted by Gasteiger charge is -2.11. The lowest BCUT2D eigenvalue weighted by atomic mass is 10.1. The summed E-state index contributed by atoms with van der Waals surface area (Å²) < 4.78 is 11.6. The standard InChI is InChI=1S/C16H17N5O3/c1-10-6-14(21-16(20-10)18-9-19-21)17-8-11-4-5-13(23-2)12(7-11)15(22)24-3/h4-7,9,17H,8H2,1-3H3. The zero-order valence-corrected chi connectivity index (χ0v) is 13.6. The highest BCUT2D eigenvalue weighted by atomic mass is 16.5. The number of carbonyl (C=O) groups is 1. The minimum absolute atomic E-state index is 0.385. The number of fused-ring (bicyclic) bond motifs is 1. The summed E-state index contributed by atoms with van der Waals surface area (Å²) in [4.78, 5) is 20.2. The Balaban J connectivity index is 1.86. The topological polar surface area (TPSA) is 90.6 Å². The number of aryl methyl sites for hydroxylation is 1. The molecule has 8 heteroatoms. The second-order valence-electron chi connectivity index (χ2n) is 5.13. The molecule has 0 saturated carbocycles. The second kappa shape index (κ2) is 6.53. The Bertz CT molecular complexity index is 891. The molecule has 0 spiro atoms. The Labute approximate surface area is 138 Å². The Kier molecular flexibility index (Phi) is 4.28. The van der Waals surface area contributed by atoms with Gasteiger partial charge in [-0.15, -0.1) is 0 Å². The first-order valence-corrected chi connectivity index (χ1v) is 7.29. The third-order valence-corrected chi connectivity index (χ3v) is 3.52. The predicted molar refractivity (Wildman–Crippen MR) is 87.2 cm³/mol. The van der Waals surface area contributed by atoms with Crippen LogP contribution in [0.5, 0.6) is 5.75 Å². The zero-order valence-electron chi connectivity index (χ0n) is 13.6. The van der Waals surface area contributed by atoms with Gasteiger partial charge in [0.15, 0.2) is 0 Å². The summed E-state index contributed by atoms with van der Waals surface area (Å²) >= 11 is 0. The Morgan fingerprint density at radius 2 is 2.12 bits per heavy atom. The summed E-state index contributed by atoms with van der Waals surface area (Å²) in [6, 6.07) is 7.24. The number of hydrogen-bond donors (Lipinski definition) is 1. The quantitative estimate of drug-likeness (QED) is 0.715. The van der Waals surface area contributed by atoms with Gasteiger partial charge in [-0.1, -0.05) is 6.07 Å². The van der Waals surface area contributed by atoms with E-state index >= 15 is 0 Å². The van der Waals surface area contributed by atoms with Crippen molar-refractivity contribution < 1.29 is 14.3 Å². The molecule has 0 saturated heterocycles. The summed E-state index contributed by atoms with van der Waals surface area (Å²) in [7, 11) is 2.86. The highest BCUT2D eigenvalue weighted by molar-refractivity contribution is 5.92. The largest absolute Gasteiger partial charge is 0.496 e. The first-order chi connectivity index (χ1) is 11.6. The highest BCUT2D eigenvalue weighted by Crippen LogP contribution is 2.21. The number of nitrogens with zero attached hydrogens (tertiary/aromatic N) is 4. The lowest BCUT2D eigenvalue weighted by molar-refractivity contribution is 0.0597. The van der Waals surface area contributed by atoms with E-state index < -0.39 is 5.97 Å². The smallest absolute Gasteiger partial charge is 0.341 e. The van der Waals surface area contributed by atoms with E-state index in [0.29, 0.717) is 23.6 Å². The molecule has 0 atom stereocenters. The Morgan fingerprint density at radius 1 is 1.29 bits per heavy atom. The second-order valence-corrected chi connectivity index (χ2v) is 5.13. The molecule has 8 nitrogen and oxygen atoms in total. The summed E-state index contributed by atoms with van der Waals surface area (Å²) in [6.07, 6.45) is 1.45. The van der Waals surface area contributed by atoms with Gasteiger partial charge in [0, 0.05) is 18.3 Å². The number of anilines is 1. The molecule has 124 valence electrons. The van der Waals surface area contributed by atoms with Crippen LogP contribution in [-0.4, -0.2) is 39.8 Å². The number of hydrogen-bond acceptors (Lipinski definition) is 7. The van der Waals surface area contributed by atoms with Gasteiger partial charge in [0.05, 0.1) is 14.2 Å². The van der Waals surface area contributed by atoms with E-state index in [1.54, 1.807) is 16.6 Å². The van der Waals surface area contributed by atoms with Gasteiger partial charge < -0.3 is 14.8 Å². The van der Waals surface area contributed by atoms with Gasteiger partial charge >= 0.3 is 5.97 Å². The first-order valence-electron chi connectivity index (χ1n) is 7.29. The molecular formula is C16H17N5O3. The molecule has 1 aromatic carbocycles. The predicted octanol–water partition coefficient (Wildman–Crippen LogP) is 1.84. The number of aromatic nitrogens is 4. The van der Waals surface area contributed by atoms with Crippen LogP contribution in [0.4, 0.5) is 5.82 Å². The average Bonchev–Trinajstić information content (AvgIpc) is 3.07. The summed E-state index contributed by atoms with van der Waals surface area (Å²) in [5, 5.41) is 7.42. The van der Waals surface area contributed by atoms with Crippen LogP contribution in [0.25, 0.3) is 5.78 Å². The number of methoxy groups -OCH3 is 2. The van der Waals surface area contributed by atoms with Gasteiger partial charge in [-0.3, -0.25) is 0 Å². The van der Waals surface area contributed by atoms with Crippen molar-refractivity contribution in [3.8, 4) is 5.75 Å². The van der Waals surface area contributed by atoms with Gasteiger partial charge in [0.2, 0.25) is 0 Å². The molecule has 0 aliphatic rings. The van der Waals surface area contributed by atoms with Crippen LogP contribution in [0.1, 0.15) is 21.6 Å². The van der Waals surface area contributed by atoms with Crippen LogP contribution in [0, 0.1) is 6.92 Å². The van der Waals surface area contributed by atoms with Gasteiger partial charge in [-0.05, 0) is 24.6 Å². The molecule has 0 aliphatic heterocycles. The van der Waals surface area contributed by atoms with E-state index in [0.717, 1.165) is 17.1 Å². The first kappa shape index (κ1) is 15.7. The van der Waals surface area contributed by atoms with E-state index in [1.165, 1.54) is 20.5 Å². The fourth-order valence-corrected chi connectivity index (χ4v) is 2.38. The van der Waals surface area contributed by atoms with E-state index in [-0.39, 0.29) is 0 Å². The summed E-state index contributed by atoms with van der Waals surface area (Å²) in [5.41, 5.74) is 2.12. The number of carbonyl (C=O) groups excluding carboxylic acids is 1. The zero-order chi connectivity index (χ0) is 17.1. The van der Waals surface area contributed by atoms with Crippen molar-refractivity contribution in [3.63, 3.8) is 0 Å². The van der Waals surface area contributed by atoms with Crippen molar-refractivity contribution in [2.24, 2.45) is 0 Å². The highest BCUT2D eigenvalue weighted by Gasteiger charge is 2.13. The molecule has 0 bridgehead atoms. The fourth-order valence-electron chi connectivity index (χ4n) is 2.38. The molecule has 2 heterocycles. The molecule has 0 radical (unpaired) electrons. The van der Waals surface area contributed by atoms with Gasteiger partial charge in [0.1, 0.15) is 23.5 Å². The Morgan fingerprint density at radius 3 is 2.88 bits per heavy atom. The van der Waals surface area contributed by atoms with Crippen molar-refractivity contribution >= 4 is 17.6 Å². The number of nitrogens with one attached hydrogen (secondary N) is 1. The van der Waals surface area contributed by atoms with Gasteiger partial charge in [-0.2, -0.15) is 14.6 Å². The van der Waals surface area contributed by atoms with Crippen molar-refractivity contribution in [1.29, 1.82) is 0 Å². The van der Waals surface area contributed by atoms with Crippen LogP contribution in [-0.2, 0) is 11.3 Å². The van der Waals surface area contributed by atoms with E-state index in [4.69, 9.17) is 9.47 Å². The molecule has 3 aromatic rings. The van der Waals surface area contributed by atoms with Crippen molar-refractivity contribution in [1.82, 2.24) is 19.6 Å². The van der Waals surface area contributed by atoms with E-state index in [1.807, 2.05) is 19.1 Å². The van der Waals surface area contributed by atoms with Gasteiger partial charge in [-0.25, -0.2) is 9.78 Å². The SMILES string of the molecule is COC(=O)c1cc(CNc2cc(C)nc3ncnn23)ccc1OC. The van der Waals surface area contributed by atoms with Crippen LogP contribution in [0.15, 0.2) is 30.6 Å². The molecule has 0 fully saturated rings. The normalized spacial score (nSPS) is 10.6. The molecule has 24 heavy (non-hydrogen) atoms. The van der Waals surface area contributed by atoms with Crippen LogP contribution >= 0.6 is 0 Å². The molecule has 3 rings (SSSR count). The maximum atomic E-state index is 11.9. The number of esters is 1. The molecule has 2 aromatic heterocycles. The maximum Gasteiger partial charge on any atom is 0.341 e. The molecule has 0 unspecified atom stereocenters. The van der Waals surface area contributed by atoms with E-state index in [2.05, 4.69) is 20.4 Å². The molecular weight excluding hydrogens is 310 g/mol. The minimum Gasteiger partial charge on any atom is -0.496 e. The minimum atomic E-state index is -0.438. The summed E-state index contributed by atoms with van der Waals surface area (Å²) in [5.74, 6) is 1.34. The Hall–Kier alpha value is -3.16. The molecule has 0 aliphatic carbocycles. The lowest BCUT2D eigenvalue weighted by Crippen LogP contribution is -2.09. The number of benzene rings is 1. The number of ether oxygens (including phenoxy) is 2. The van der Waals surface area contributed by atoms with Crippen LogP contribution in [0.3, 0.4) is 0 Å². The fraction of sp³-hybridized carbons (Fsp3) is 0.250. The van der Waals surface area contributed by atoms with Crippen LogP contribution < -0.4 is 10.1 Å². The third kappa shape index (κ3) is 2.98. The van der Waals surface area contributed by atoms with Gasteiger partial charge in [0.25, 0.3) is 5.78 Å². The van der Waals surface area contributed by atoms with Crippen molar-refractivity contribution in [2.45, 2.75) is 13.5 Å². The van der Waals surface area contributed by atoms with Crippen molar-refractivity contribution in [2.75, 3.05) is 19.5 Å². The average molecular weight is 327 g/mol. The summed E-state index contributed by atoms with van der Waals surface area (Å²) in [6.45, 7) is 2.38. The van der Waals surface area contributed by atoms with Crippen molar-refractivity contribution in [3.05, 3.63) is 47.4 Å². The van der Waals surface area contributed by atoms with Crippen LogP contribution in [0.2, 0.25) is 0 Å². The molecule has 1 N–H and O–H groups in total.